The van der Waals surface area contributed by atoms with E-state index < -0.39 is 11.9 Å². The number of fused-ring (bicyclic) bond motifs is 1. The number of benzene rings is 2. The van der Waals surface area contributed by atoms with Crippen molar-refractivity contribution < 1.29 is 19.1 Å². The van der Waals surface area contributed by atoms with Crippen molar-refractivity contribution in [3.63, 3.8) is 0 Å². The molecule has 1 N–H and O–H groups in total. The van der Waals surface area contributed by atoms with Crippen molar-refractivity contribution in [2.75, 3.05) is 7.11 Å². The minimum atomic E-state index is -0.623. The van der Waals surface area contributed by atoms with Crippen LogP contribution in [0, 0.1) is 0 Å². The van der Waals surface area contributed by atoms with Crippen LogP contribution in [0.1, 0.15) is 28.8 Å². The van der Waals surface area contributed by atoms with E-state index in [4.69, 9.17) is 4.74 Å². The first-order chi connectivity index (χ1) is 12.6. The van der Waals surface area contributed by atoms with Crippen LogP contribution in [0.15, 0.2) is 42.5 Å². The average molecular weight is 350 g/mol. The molecule has 0 bridgehead atoms. The van der Waals surface area contributed by atoms with Gasteiger partial charge in [0.15, 0.2) is 0 Å². The second kappa shape index (κ2) is 6.29. The molecule has 2 heterocycles. The largest absolute Gasteiger partial charge is 0.496 e. The molecule has 0 aromatic heterocycles. The normalized spacial score (nSPS) is 19.3. The van der Waals surface area contributed by atoms with Crippen LogP contribution in [-0.4, -0.2) is 35.8 Å². The van der Waals surface area contributed by atoms with Crippen LogP contribution in [0.2, 0.25) is 0 Å². The molecule has 1 unspecified atom stereocenters. The molecule has 1 saturated heterocycles. The van der Waals surface area contributed by atoms with Crippen LogP contribution in [0.3, 0.4) is 0 Å². The van der Waals surface area contributed by atoms with Crippen molar-refractivity contribution in [3.8, 4) is 16.9 Å². The van der Waals surface area contributed by atoms with Crippen LogP contribution >= 0.6 is 0 Å². The molecule has 6 nitrogen and oxygen atoms in total. The van der Waals surface area contributed by atoms with E-state index in [-0.39, 0.29) is 18.2 Å². The number of methoxy groups -OCH3 is 1. The summed E-state index contributed by atoms with van der Waals surface area (Å²) in [5, 5.41) is 2.33. The summed E-state index contributed by atoms with van der Waals surface area (Å²) in [5.41, 5.74) is 3.06. The maximum Gasteiger partial charge on any atom is 0.255 e. The Labute approximate surface area is 150 Å². The summed E-state index contributed by atoms with van der Waals surface area (Å²) in [6.07, 6.45) is 0.591. The van der Waals surface area contributed by atoms with Crippen LogP contribution in [-0.2, 0) is 16.1 Å². The van der Waals surface area contributed by atoms with Gasteiger partial charge in [0.2, 0.25) is 11.8 Å². The summed E-state index contributed by atoms with van der Waals surface area (Å²) < 4.78 is 5.49. The molecule has 2 aliphatic rings. The Balaban J connectivity index is 1.77. The van der Waals surface area contributed by atoms with Crippen molar-refractivity contribution in [2.24, 2.45) is 0 Å². The van der Waals surface area contributed by atoms with Gasteiger partial charge in [0.25, 0.3) is 5.91 Å². The quantitative estimate of drug-likeness (QED) is 0.861. The molecule has 132 valence electrons. The summed E-state index contributed by atoms with van der Waals surface area (Å²) >= 11 is 0. The molecule has 4 rings (SSSR count). The van der Waals surface area contributed by atoms with E-state index in [9.17, 15) is 14.4 Å². The molecular weight excluding hydrogens is 332 g/mol. The highest BCUT2D eigenvalue weighted by molar-refractivity contribution is 6.09. The Morgan fingerprint density at radius 2 is 1.81 bits per heavy atom. The Bertz CT molecular complexity index is 908. The third-order valence-electron chi connectivity index (χ3n) is 4.94. The van der Waals surface area contributed by atoms with E-state index in [0.717, 1.165) is 16.7 Å². The van der Waals surface area contributed by atoms with Gasteiger partial charge in [-0.05, 0) is 23.6 Å². The van der Waals surface area contributed by atoms with E-state index in [1.54, 1.807) is 12.0 Å². The van der Waals surface area contributed by atoms with Crippen LogP contribution in [0.5, 0.6) is 5.75 Å². The third kappa shape index (κ3) is 2.54. The van der Waals surface area contributed by atoms with E-state index in [0.29, 0.717) is 24.3 Å². The number of ether oxygens (including phenoxy) is 1. The average Bonchev–Trinajstić information content (AvgIpc) is 2.98. The van der Waals surface area contributed by atoms with Crippen molar-refractivity contribution in [3.05, 3.63) is 53.6 Å². The maximum absolute atomic E-state index is 13.2. The predicted molar refractivity (Wildman–Crippen MR) is 94.5 cm³/mol. The van der Waals surface area contributed by atoms with Crippen molar-refractivity contribution in [1.29, 1.82) is 0 Å². The van der Waals surface area contributed by atoms with E-state index in [1.807, 2.05) is 42.5 Å². The van der Waals surface area contributed by atoms with Gasteiger partial charge in [-0.3, -0.25) is 19.7 Å². The Morgan fingerprint density at radius 1 is 1.04 bits per heavy atom. The van der Waals surface area contributed by atoms with E-state index in [1.165, 1.54) is 0 Å². The minimum absolute atomic E-state index is 0.202. The van der Waals surface area contributed by atoms with Gasteiger partial charge in [0, 0.05) is 18.5 Å². The first-order valence-electron chi connectivity index (χ1n) is 8.50. The number of nitrogens with one attached hydrogen (secondary N) is 1. The number of carbonyl (C=O) groups excluding carboxylic acids is 3. The van der Waals surface area contributed by atoms with Gasteiger partial charge >= 0.3 is 0 Å². The number of rotatable bonds is 3. The second-order valence-corrected chi connectivity index (χ2v) is 6.44. The SMILES string of the molecule is COc1ccc2c(c1-c1ccccc1)C(=O)N(C1CCC(=O)NC1=O)C2. The summed E-state index contributed by atoms with van der Waals surface area (Å²) in [4.78, 5) is 38.4. The number of carbonyl (C=O) groups is 3. The smallest absolute Gasteiger partial charge is 0.255 e. The molecule has 26 heavy (non-hydrogen) atoms. The van der Waals surface area contributed by atoms with Crippen LogP contribution in [0.4, 0.5) is 0 Å². The van der Waals surface area contributed by atoms with Crippen molar-refractivity contribution >= 4 is 17.7 Å². The highest BCUT2D eigenvalue weighted by Crippen LogP contribution is 2.40. The highest BCUT2D eigenvalue weighted by Gasteiger charge is 2.40. The topological polar surface area (TPSA) is 75.7 Å². The number of nitrogens with zero attached hydrogens (tertiary/aromatic N) is 1. The summed E-state index contributed by atoms with van der Waals surface area (Å²) in [6.45, 7) is 0.351. The molecule has 0 saturated carbocycles. The first-order valence-corrected chi connectivity index (χ1v) is 8.50. The molecule has 0 radical (unpaired) electrons. The molecule has 2 aromatic carbocycles. The van der Waals surface area contributed by atoms with E-state index in [2.05, 4.69) is 5.32 Å². The lowest BCUT2D eigenvalue weighted by molar-refractivity contribution is -0.136. The Hall–Kier alpha value is -3.15. The molecule has 2 aliphatic heterocycles. The number of amides is 3. The maximum atomic E-state index is 13.2. The lowest BCUT2D eigenvalue weighted by atomic mass is 9.95. The van der Waals surface area contributed by atoms with E-state index >= 15 is 0 Å². The molecule has 3 amide bonds. The van der Waals surface area contributed by atoms with Gasteiger partial charge in [-0.2, -0.15) is 0 Å². The molecule has 1 fully saturated rings. The van der Waals surface area contributed by atoms with Crippen LogP contribution < -0.4 is 10.1 Å². The Morgan fingerprint density at radius 3 is 2.50 bits per heavy atom. The second-order valence-electron chi connectivity index (χ2n) is 6.44. The molecule has 2 aromatic rings. The lowest BCUT2D eigenvalue weighted by Gasteiger charge is -2.29. The van der Waals surface area contributed by atoms with Crippen molar-refractivity contribution in [2.45, 2.75) is 25.4 Å². The van der Waals surface area contributed by atoms with Gasteiger partial charge in [-0.25, -0.2) is 0 Å². The van der Waals surface area contributed by atoms with Gasteiger partial charge in [0.1, 0.15) is 11.8 Å². The summed E-state index contributed by atoms with van der Waals surface area (Å²) in [6, 6.07) is 12.7. The van der Waals surface area contributed by atoms with Gasteiger partial charge in [-0.15, -0.1) is 0 Å². The standard InChI is InChI=1S/C20H18N2O4/c1-26-15-9-7-13-11-22(14-8-10-16(23)21-19(14)24)20(25)18(13)17(15)12-5-3-2-4-6-12/h2-7,9,14H,8,10-11H2,1H3,(H,21,23,24). The monoisotopic (exact) mass is 350 g/mol. The number of piperidine rings is 1. The lowest BCUT2D eigenvalue weighted by Crippen LogP contribution is -2.52. The predicted octanol–water partition coefficient (Wildman–Crippen LogP) is 2.12. The zero-order valence-corrected chi connectivity index (χ0v) is 14.3. The highest BCUT2D eigenvalue weighted by atomic mass is 16.5. The third-order valence-corrected chi connectivity index (χ3v) is 4.94. The molecule has 1 atom stereocenters. The fourth-order valence-corrected chi connectivity index (χ4v) is 3.69. The summed E-state index contributed by atoms with van der Waals surface area (Å²) in [5.74, 6) is -0.279. The fraction of sp³-hybridized carbons (Fsp3) is 0.250. The van der Waals surface area contributed by atoms with Gasteiger partial charge < -0.3 is 9.64 Å². The Kier molecular flexibility index (Phi) is 3.95. The fourth-order valence-electron chi connectivity index (χ4n) is 3.69. The van der Waals surface area contributed by atoms with Gasteiger partial charge in [0.05, 0.1) is 12.7 Å². The summed E-state index contributed by atoms with van der Waals surface area (Å²) in [7, 11) is 1.57. The first kappa shape index (κ1) is 16.3. The number of hydrogen-bond acceptors (Lipinski definition) is 4. The number of hydrogen-bond donors (Lipinski definition) is 1. The number of imide groups is 1. The molecule has 0 spiro atoms. The van der Waals surface area contributed by atoms with Crippen molar-refractivity contribution in [1.82, 2.24) is 10.2 Å². The minimum Gasteiger partial charge on any atom is -0.496 e. The van der Waals surface area contributed by atoms with Crippen LogP contribution in [0.25, 0.3) is 11.1 Å². The zero-order chi connectivity index (χ0) is 18.3. The van der Waals surface area contributed by atoms with Gasteiger partial charge in [-0.1, -0.05) is 36.4 Å². The molecular formula is C20H18N2O4. The zero-order valence-electron chi connectivity index (χ0n) is 14.3. The molecule has 6 heteroatoms. The molecule has 0 aliphatic carbocycles.